The average Bonchev–Trinajstić information content (AvgIpc) is 3.55. The second kappa shape index (κ2) is 14.7. The Labute approximate surface area is 363 Å². The van der Waals surface area contributed by atoms with Crippen LogP contribution >= 0.6 is 11.8 Å². The van der Waals surface area contributed by atoms with E-state index >= 15 is 0 Å². The highest BCUT2D eigenvalue weighted by molar-refractivity contribution is 8.03. The maximum atomic E-state index is 5.30. The van der Waals surface area contributed by atoms with E-state index in [1.54, 1.807) is 5.57 Å². The molecule has 1 atom stereocenters. The van der Waals surface area contributed by atoms with Crippen molar-refractivity contribution in [1.29, 1.82) is 0 Å². The molecule has 61 heavy (non-hydrogen) atoms. The number of hydrogen-bond acceptors (Lipinski definition) is 6. The summed E-state index contributed by atoms with van der Waals surface area (Å²) in [6.45, 7) is 9.42. The lowest BCUT2D eigenvalue weighted by Crippen LogP contribution is -2.25. The van der Waals surface area contributed by atoms with E-state index in [0.29, 0.717) is 11.6 Å². The fourth-order valence-corrected chi connectivity index (χ4v) is 11.5. The second-order valence-corrected chi connectivity index (χ2v) is 18.9. The van der Waals surface area contributed by atoms with Crippen LogP contribution in [-0.2, 0) is 10.8 Å². The number of rotatable bonds is 6. The standard InChI is InChI=1S/C55H47N5S/c1-54(2)41-22-12-11-20-39(41)49-40(21-15-24-44(49)54)53-59-51(36-18-9-6-10-19-36)58-52(60-53)37-28-26-34(27-29-37)45-33-46(57-50(56-45)35-16-7-5-8-17-35)38-30-31-43-48(32-38)61-47-25-14-13-23-42(47)55(43,3)4/h5-7,9-12,14-16,18-20,22,24-33,40H,8,13,17,21,23H2,1-4H3. The number of allylic oxidation sites excluding steroid dienone is 11. The molecule has 298 valence electrons. The smallest absolute Gasteiger partial charge is 0.163 e. The van der Waals surface area contributed by atoms with Crippen molar-refractivity contribution < 1.29 is 0 Å². The zero-order valence-corrected chi connectivity index (χ0v) is 35.9. The minimum Gasteiger partial charge on any atom is -0.228 e. The van der Waals surface area contributed by atoms with Gasteiger partial charge in [0.1, 0.15) is 5.82 Å². The molecule has 0 spiro atoms. The van der Waals surface area contributed by atoms with Gasteiger partial charge in [-0.15, -0.1) is 0 Å². The molecular formula is C55H47N5S. The molecule has 2 aromatic heterocycles. The van der Waals surface area contributed by atoms with Crippen LogP contribution in [0.25, 0.3) is 56.4 Å². The molecule has 1 aliphatic heterocycles. The van der Waals surface area contributed by atoms with Crippen molar-refractivity contribution in [2.24, 2.45) is 0 Å². The molecule has 11 rings (SSSR count). The first-order valence-electron chi connectivity index (χ1n) is 21.6. The number of nitrogens with zero attached hydrogens (tertiary/aromatic N) is 5. The van der Waals surface area contributed by atoms with Crippen LogP contribution in [0.4, 0.5) is 0 Å². The zero-order chi connectivity index (χ0) is 41.3. The maximum Gasteiger partial charge on any atom is 0.163 e. The van der Waals surface area contributed by atoms with Gasteiger partial charge in [0.2, 0.25) is 0 Å². The van der Waals surface area contributed by atoms with Crippen molar-refractivity contribution in [2.45, 2.75) is 81.4 Å². The van der Waals surface area contributed by atoms with Gasteiger partial charge < -0.3 is 0 Å². The first-order chi connectivity index (χ1) is 29.7. The van der Waals surface area contributed by atoms with Gasteiger partial charge in [-0.25, -0.2) is 24.9 Å². The molecule has 4 aliphatic carbocycles. The Morgan fingerprint density at radius 2 is 1.28 bits per heavy atom. The molecular weight excluding hydrogens is 763 g/mol. The van der Waals surface area contributed by atoms with Crippen LogP contribution in [0.15, 0.2) is 167 Å². The Morgan fingerprint density at radius 3 is 2.07 bits per heavy atom. The number of hydrogen-bond donors (Lipinski definition) is 0. The summed E-state index contributed by atoms with van der Waals surface area (Å²) >= 11 is 1.90. The molecule has 1 unspecified atom stereocenters. The monoisotopic (exact) mass is 809 g/mol. The fraction of sp³-hybridized carbons (Fsp3) is 0.218. The molecule has 0 saturated heterocycles. The lowest BCUT2D eigenvalue weighted by Gasteiger charge is -2.37. The van der Waals surface area contributed by atoms with Crippen molar-refractivity contribution >= 4 is 22.9 Å². The number of thioether (sulfide) groups is 1. The van der Waals surface area contributed by atoms with Gasteiger partial charge in [0.15, 0.2) is 17.5 Å². The largest absolute Gasteiger partial charge is 0.228 e. The normalized spacial score (nSPS) is 19.3. The van der Waals surface area contributed by atoms with Crippen molar-refractivity contribution in [3.63, 3.8) is 0 Å². The van der Waals surface area contributed by atoms with E-state index < -0.39 is 0 Å². The summed E-state index contributed by atoms with van der Waals surface area (Å²) in [5, 5.41) is 0. The van der Waals surface area contributed by atoms with Gasteiger partial charge in [0.05, 0.1) is 11.4 Å². The molecule has 5 nitrogen and oxygen atoms in total. The zero-order valence-electron chi connectivity index (χ0n) is 35.1. The van der Waals surface area contributed by atoms with Gasteiger partial charge >= 0.3 is 0 Å². The number of benzene rings is 4. The lowest BCUT2D eigenvalue weighted by molar-refractivity contribution is 0.574. The molecule has 3 heterocycles. The van der Waals surface area contributed by atoms with E-state index in [1.807, 2.05) is 30.0 Å². The lowest BCUT2D eigenvalue weighted by atomic mass is 9.74. The third-order valence-electron chi connectivity index (χ3n) is 13.4. The Balaban J connectivity index is 0.987. The Bertz CT molecular complexity index is 2960. The maximum absolute atomic E-state index is 5.30. The summed E-state index contributed by atoms with van der Waals surface area (Å²) in [6.07, 6.45) is 20.7. The van der Waals surface area contributed by atoms with E-state index in [9.17, 15) is 0 Å². The summed E-state index contributed by atoms with van der Waals surface area (Å²) in [4.78, 5) is 28.8. The van der Waals surface area contributed by atoms with Gasteiger partial charge in [0.25, 0.3) is 0 Å². The van der Waals surface area contributed by atoms with Gasteiger partial charge in [-0.1, -0.05) is 173 Å². The SMILES string of the molecule is CC1(C)C2=C(C=CCC2)Sc2cc(-c3cc(-c4ccc(-c5nc(-c6ccccc6)nc(C6CC=CC7=C6c6ccccc6C7(C)C)n5)cc4)nc(C4=CC=CCC4)n3)ccc21. The van der Waals surface area contributed by atoms with E-state index in [-0.39, 0.29) is 16.7 Å². The molecule has 6 heteroatoms. The quantitative estimate of drug-likeness (QED) is 0.167. The van der Waals surface area contributed by atoms with E-state index in [0.717, 1.165) is 83.0 Å². The van der Waals surface area contributed by atoms with Gasteiger partial charge in [-0.2, -0.15) is 0 Å². The van der Waals surface area contributed by atoms with Gasteiger partial charge in [-0.05, 0) is 83.2 Å². The molecule has 0 fully saturated rings. The minimum absolute atomic E-state index is 0.00410. The Hall–Kier alpha value is -6.24. The summed E-state index contributed by atoms with van der Waals surface area (Å²) in [5.41, 5.74) is 15.2. The van der Waals surface area contributed by atoms with Crippen LogP contribution in [-0.4, -0.2) is 24.9 Å². The molecule has 0 N–H and O–H groups in total. The first-order valence-corrected chi connectivity index (χ1v) is 22.5. The van der Waals surface area contributed by atoms with Crippen LogP contribution in [0.2, 0.25) is 0 Å². The first kappa shape index (κ1) is 37.7. The summed E-state index contributed by atoms with van der Waals surface area (Å²) in [5.74, 6) is 2.95. The predicted molar refractivity (Wildman–Crippen MR) is 251 cm³/mol. The van der Waals surface area contributed by atoms with E-state index in [1.165, 1.54) is 37.6 Å². The van der Waals surface area contributed by atoms with E-state index in [4.69, 9.17) is 24.9 Å². The van der Waals surface area contributed by atoms with Gasteiger partial charge in [0, 0.05) is 48.8 Å². The highest BCUT2D eigenvalue weighted by Crippen LogP contribution is 2.55. The van der Waals surface area contributed by atoms with Crippen LogP contribution < -0.4 is 0 Å². The third-order valence-corrected chi connectivity index (χ3v) is 14.5. The van der Waals surface area contributed by atoms with Crippen LogP contribution in [0.1, 0.15) is 94.1 Å². The topological polar surface area (TPSA) is 64.5 Å². The van der Waals surface area contributed by atoms with Crippen molar-refractivity contribution in [2.75, 3.05) is 0 Å². The summed E-state index contributed by atoms with van der Waals surface area (Å²) in [6, 6.07) is 36.8. The molecule has 0 bridgehead atoms. The molecule has 4 aromatic carbocycles. The van der Waals surface area contributed by atoms with Crippen LogP contribution in [0.5, 0.6) is 0 Å². The third kappa shape index (κ3) is 6.51. The van der Waals surface area contributed by atoms with E-state index in [2.05, 4.69) is 155 Å². The minimum atomic E-state index is -0.0931. The highest BCUT2D eigenvalue weighted by Gasteiger charge is 2.41. The van der Waals surface area contributed by atoms with Crippen LogP contribution in [0, 0.1) is 0 Å². The predicted octanol–water partition coefficient (Wildman–Crippen LogP) is 13.8. The highest BCUT2D eigenvalue weighted by atomic mass is 32.2. The Kier molecular flexibility index (Phi) is 9.12. The fourth-order valence-electron chi connectivity index (χ4n) is 10.0. The average molecular weight is 810 g/mol. The summed E-state index contributed by atoms with van der Waals surface area (Å²) < 4.78 is 0. The number of fused-ring (bicyclic) bond motifs is 3. The van der Waals surface area contributed by atoms with Crippen molar-refractivity contribution in [1.82, 2.24) is 24.9 Å². The molecule has 0 saturated carbocycles. The van der Waals surface area contributed by atoms with Crippen LogP contribution in [0.3, 0.4) is 0 Å². The van der Waals surface area contributed by atoms with Crippen molar-refractivity contribution in [3.8, 4) is 45.3 Å². The summed E-state index contributed by atoms with van der Waals surface area (Å²) in [7, 11) is 0. The number of aromatic nitrogens is 5. The van der Waals surface area contributed by atoms with Crippen molar-refractivity contribution in [3.05, 3.63) is 190 Å². The molecule has 0 amide bonds. The Morgan fingerprint density at radius 1 is 0.574 bits per heavy atom. The molecule has 5 aliphatic rings. The second-order valence-electron chi connectivity index (χ2n) is 17.8. The molecule has 6 aromatic rings. The van der Waals surface area contributed by atoms with Gasteiger partial charge in [-0.3, -0.25) is 0 Å². The molecule has 0 radical (unpaired) electrons.